The van der Waals surface area contributed by atoms with Crippen LogP contribution in [0.4, 0.5) is 5.69 Å². The van der Waals surface area contributed by atoms with Crippen molar-refractivity contribution in [2.45, 2.75) is 26.3 Å². The smallest absolute Gasteiger partial charge is 0.329 e. The van der Waals surface area contributed by atoms with Crippen LogP contribution in [0.2, 0.25) is 5.02 Å². The second kappa shape index (κ2) is 9.62. The molecular weight excluding hydrogens is 488 g/mol. The Bertz CT molecular complexity index is 1020. The first-order valence-electron chi connectivity index (χ1n) is 9.57. The number of fused-ring (bicyclic) bond motifs is 1. The first kappa shape index (κ1) is 23.0. The molecule has 0 aliphatic carbocycles. The number of imide groups is 1. The minimum absolute atomic E-state index is 0.000552. The van der Waals surface area contributed by atoms with Crippen molar-refractivity contribution in [3.8, 4) is 0 Å². The zero-order chi connectivity index (χ0) is 22.7. The van der Waals surface area contributed by atoms with Crippen molar-refractivity contribution in [2.24, 2.45) is 5.92 Å². The van der Waals surface area contributed by atoms with Gasteiger partial charge in [0.1, 0.15) is 6.04 Å². The van der Waals surface area contributed by atoms with Crippen LogP contribution in [-0.2, 0) is 14.3 Å². The number of amides is 3. The van der Waals surface area contributed by atoms with Gasteiger partial charge in [0.2, 0.25) is 0 Å². The van der Waals surface area contributed by atoms with Gasteiger partial charge < -0.3 is 10.1 Å². The molecule has 162 valence electrons. The van der Waals surface area contributed by atoms with E-state index in [1.165, 1.54) is 0 Å². The molecular formula is C22H20BrClN2O5. The van der Waals surface area contributed by atoms with E-state index in [2.05, 4.69) is 21.2 Å². The first-order valence-corrected chi connectivity index (χ1v) is 10.7. The molecule has 0 spiro atoms. The van der Waals surface area contributed by atoms with Crippen molar-refractivity contribution in [2.75, 3.05) is 11.9 Å². The third-order valence-corrected chi connectivity index (χ3v) is 5.89. The summed E-state index contributed by atoms with van der Waals surface area (Å²) >= 11 is 9.26. The van der Waals surface area contributed by atoms with Crippen molar-refractivity contribution in [1.29, 1.82) is 0 Å². The molecule has 2 aromatic carbocycles. The van der Waals surface area contributed by atoms with Gasteiger partial charge >= 0.3 is 5.97 Å². The number of rotatable bonds is 7. The molecule has 3 rings (SSSR count). The molecule has 0 saturated heterocycles. The number of anilines is 1. The molecule has 0 aromatic heterocycles. The molecule has 1 atom stereocenters. The summed E-state index contributed by atoms with van der Waals surface area (Å²) in [5.41, 5.74) is 0.936. The Kier molecular flexibility index (Phi) is 7.12. The number of hydrogen-bond donors (Lipinski definition) is 1. The Balaban J connectivity index is 1.69. The molecule has 1 aliphatic rings. The lowest BCUT2D eigenvalue weighted by Gasteiger charge is -2.25. The molecule has 1 aliphatic heterocycles. The van der Waals surface area contributed by atoms with Crippen molar-refractivity contribution in [3.63, 3.8) is 0 Å². The molecule has 0 radical (unpaired) electrons. The largest absolute Gasteiger partial charge is 0.454 e. The third kappa shape index (κ3) is 5.14. The highest BCUT2D eigenvalue weighted by Gasteiger charge is 2.43. The van der Waals surface area contributed by atoms with Gasteiger partial charge in [0.15, 0.2) is 6.61 Å². The zero-order valence-electron chi connectivity index (χ0n) is 16.9. The summed E-state index contributed by atoms with van der Waals surface area (Å²) in [5, 5.41) is 2.99. The van der Waals surface area contributed by atoms with Gasteiger partial charge in [0.05, 0.1) is 16.1 Å². The monoisotopic (exact) mass is 506 g/mol. The van der Waals surface area contributed by atoms with Crippen LogP contribution in [0.15, 0.2) is 46.9 Å². The highest BCUT2D eigenvalue weighted by molar-refractivity contribution is 9.10. The zero-order valence-corrected chi connectivity index (χ0v) is 19.2. The fraction of sp³-hybridized carbons (Fsp3) is 0.273. The average molecular weight is 508 g/mol. The summed E-state index contributed by atoms with van der Waals surface area (Å²) in [6.07, 6.45) is 0.217. The Morgan fingerprint density at radius 2 is 1.71 bits per heavy atom. The van der Waals surface area contributed by atoms with Crippen LogP contribution >= 0.6 is 27.5 Å². The summed E-state index contributed by atoms with van der Waals surface area (Å²) < 4.78 is 5.84. The van der Waals surface area contributed by atoms with Crippen LogP contribution in [0, 0.1) is 5.92 Å². The molecule has 7 nitrogen and oxygen atoms in total. The molecule has 2 aromatic rings. The third-order valence-electron chi connectivity index (χ3n) is 4.65. The Morgan fingerprint density at radius 1 is 1.10 bits per heavy atom. The molecule has 0 fully saturated rings. The maximum Gasteiger partial charge on any atom is 0.329 e. The highest BCUT2D eigenvalue weighted by atomic mass is 79.9. The number of nitrogens with zero attached hydrogens (tertiary/aromatic N) is 1. The molecule has 0 unspecified atom stereocenters. The summed E-state index contributed by atoms with van der Waals surface area (Å²) in [5.74, 6) is -2.47. The Hall–Kier alpha value is -2.71. The van der Waals surface area contributed by atoms with Crippen LogP contribution < -0.4 is 5.32 Å². The maximum absolute atomic E-state index is 12.8. The second-order valence-corrected chi connectivity index (χ2v) is 8.72. The minimum Gasteiger partial charge on any atom is -0.454 e. The Labute approximate surface area is 192 Å². The quantitative estimate of drug-likeness (QED) is 0.446. The van der Waals surface area contributed by atoms with Crippen LogP contribution in [0.1, 0.15) is 41.0 Å². The number of esters is 1. The summed E-state index contributed by atoms with van der Waals surface area (Å²) in [7, 11) is 0. The van der Waals surface area contributed by atoms with E-state index in [-0.39, 0.29) is 23.5 Å². The number of carbonyl (C=O) groups is 4. The van der Waals surface area contributed by atoms with E-state index in [1.54, 1.807) is 42.5 Å². The maximum atomic E-state index is 12.8. The molecule has 1 N–H and O–H groups in total. The average Bonchev–Trinajstić information content (AvgIpc) is 2.98. The van der Waals surface area contributed by atoms with Gasteiger partial charge in [-0.2, -0.15) is 0 Å². The lowest BCUT2D eigenvalue weighted by molar-refractivity contribution is -0.151. The fourth-order valence-electron chi connectivity index (χ4n) is 3.25. The van der Waals surface area contributed by atoms with Crippen molar-refractivity contribution in [3.05, 3.63) is 63.1 Å². The summed E-state index contributed by atoms with van der Waals surface area (Å²) in [6, 6.07) is 10.1. The van der Waals surface area contributed by atoms with Gasteiger partial charge in [0.25, 0.3) is 17.7 Å². The summed E-state index contributed by atoms with van der Waals surface area (Å²) in [4.78, 5) is 51.5. The van der Waals surface area contributed by atoms with Gasteiger partial charge in [-0.1, -0.05) is 37.6 Å². The molecule has 9 heteroatoms. The van der Waals surface area contributed by atoms with E-state index in [0.29, 0.717) is 15.2 Å². The van der Waals surface area contributed by atoms with Crippen molar-refractivity contribution >= 4 is 56.9 Å². The molecule has 0 bridgehead atoms. The highest BCUT2D eigenvalue weighted by Crippen LogP contribution is 2.28. The van der Waals surface area contributed by atoms with Gasteiger partial charge in [-0.15, -0.1) is 0 Å². The van der Waals surface area contributed by atoms with E-state index >= 15 is 0 Å². The van der Waals surface area contributed by atoms with Crippen molar-refractivity contribution < 1.29 is 23.9 Å². The second-order valence-electron chi connectivity index (χ2n) is 7.46. The number of halogens is 2. The van der Waals surface area contributed by atoms with E-state index in [0.717, 1.165) is 4.90 Å². The van der Waals surface area contributed by atoms with Gasteiger partial charge in [-0.25, -0.2) is 4.79 Å². The van der Waals surface area contributed by atoms with E-state index in [4.69, 9.17) is 16.3 Å². The molecule has 3 amide bonds. The van der Waals surface area contributed by atoms with Crippen LogP contribution in [-0.4, -0.2) is 41.2 Å². The topological polar surface area (TPSA) is 92.8 Å². The van der Waals surface area contributed by atoms with E-state index < -0.39 is 36.3 Å². The molecule has 0 saturated carbocycles. The minimum atomic E-state index is -1.12. The number of benzene rings is 2. The predicted molar refractivity (Wildman–Crippen MR) is 119 cm³/mol. The van der Waals surface area contributed by atoms with Gasteiger partial charge in [0, 0.05) is 10.2 Å². The standard InChI is InChI=1S/C22H20BrClN2O5/c1-12(2)9-18(26-20(28)14-5-3-4-6-15(14)21(26)29)22(30)31-11-19(27)25-13-7-8-16(23)17(24)10-13/h3-8,10,12,18H,9,11H2,1-2H3,(H,25,27)/t18-/m0/s1. The van der Waals surface area contributed by atoms with E-state index in [1.807, 2.05) is 13.8 Å². The van der Waals surface area contributed by atoms with Crippen LogP contribution in [0.5, 0.6) is 0 Å². The number of hydrogen-bond acceptors (Lipinski definition) is 5. The van der Waals surface area contributed by atoms with Gasteiger partial charge in [-0.05, 0) is 58.6 Å². The fourth-order valence-corrected chi connectivity index (χ4v) is 3.68. The lowest BCUT2D eigenvalue weighted by Crippen LogP contribution is -2.46. The normalized spacial score (nSPS) is 13.9. The molecule has 1 heterocycles. The number of ether oxygens (including phenoxy) is 1. The van der Waals surface area contributed by atoms with Gasteiger partial charge in [-0.3, -0.25) is 19.3 Å². The predicted octanol–water partition coefficient (Wildman–Crippen LogP) is 4.30. The first-order chi connectivity index (χ1) is 14.7. The van der Waals surface area contributed by atoms with Crippen LogP contribution in [0.3, 0.4) is 0 Å². The van der Waals surface area contributed by atoms with E-state index in [9.17, 15) is 19.2 Å². The summed E-state index contributed by atoms with van der Waals surface area (Å²) in [6.45, 7) is 3.16. The number of nitrogens with one attached hydrogen (secondary N) is 1. The van der Waals surface area contributed by atoms with Crippen molar-refractivity contribution in [1.82, 2.24) is 4.90 Å². The van der Waals surface area contributed by atoms with Crippen LogP contribution in [0.25, 0.3) is 0 Å². The SMILES string of the molecule is CC(C)C[C@@H](C(=O)OCC(=O)Nc1ccc(Br)c(Cl)c1)N1C(=O)c2ccccc2C1=O. The Morgan fingerprint density at radius 3 is 2.26 bits per heavy atom. The lowest BCUT2D eigenvalue weighted by atomic mass is 10.0. The molecule has 31 heavy (non-hydrogen) atoms. The number of carbonyl (C=O) groups excluding carboxylic acids is 4.